The Morgan fingerprint density at radius 3 is 2.24 bits per heavy atom. The van der Waals surface area contributed by atoms with E-state index >= 15 is 0 Å². The van der Waals surface area contributed by atoms with E-state index in [1.807, 2.05) is 37.3 Å². The van der Waals surface area contributed by atoms with Crippen molar-refractivity contribution in [2.24, 2.45) is 0 Å². The van der Waals surface area contributed by atoms with Gasteiger partial charge in [0.1, 0.15) is 19.0 Å². The van der Waals surface area contributed by atoms with Crippen molar-refractivity contribution in [3.05, 3.63) is 53.1 Å². The van der Waals surface area contributed by atoms with Crippen molar-refractivity contribution in [3.63, 3.8) is 0 Å². The number of aryl methyl sites for hydroxylation is 2. The Labute approximate surface area is 126 Å². The van der Waals surface area contributed by atoms with Gasteiger partial charge in [0, 0.05) is 0 Å². The van der Waals surface area contributed by atoms with Crippen LogP contribution < -0.4 is 14.2 Å². The maximum atomic E-state index is 5.77. The van der Waals surface area contributed by atoms with Gasteiger partial charge in [0.15, 0.2) is 11.5 Å². The molecule has 0 saturated carbocycles. The smallest absolute Gasteiger partial charge is 0.161 e. The molecule has 0 fully saturated rings. The predicted octanol–water partition coefficient (Wildman–Crippen LogP) is 4.08. The Kier molecular flexibility index (Phi) is 5.09. The molecule has 3 heteroatoms. The van der Waals surface area contributed by atoms with Gasteiger partial charge in [-0.3, -0.25) is 0 Å². The van der Waals surface area contributed by atoms with Crippen molar-refractivity contribution >= 4 is 0 Å². The molecule has 2 rings (SSSR count). The van der Waals surface area contributed by atoms with Crippen LogP contribution in [0.3, 0.4) is 0 Å². The van der Waals surface area contributed by atoms with Crippen LogP contribution in [0, 0.1) is 20.8 Å². The number of benzene rings is 2. The summed E-state index contributed by atoms with van der Waals surface area (Å²) in [7, 11) is 1.65. The molecule has 0 bridgehead atoms. The molecule has 0 aliphatic carbocycles. The monoisotopic (exact) mass is 286 g/mol. The number of hydrogen-bond donors (Lipinski definition) is 0. The van der Waals surface area contributed by atoms with E-state index in [0.29, 0.717) is 13.2 Å². The van der Waals surface area contributed by atoms with E-state index in [1.165, 1.54) is 11.1 Å². The number of hydrogen-bond acceptors (Lipinski definition) is 3. The van der Waals surface area contributed by atoms with Crippen molar-refractivity contribution in [1.82, 2.24) is 0 Å². The highest BCUT2D eigenvalue weighted by atomic mass is 16.5. The largest absolute Gasteiger partial charge is 0.493 e. The average molecular weight is 286 g/mol. The molecular weight excluding hydrogens is 264 g/mol. The molecule has 0 saturated heterocycles. The van der Waals surface area contributed by atoms with Crippen molar-refractivity contribution in [2.45, 2.75) is 20.8 Å². The molecule has 0 unspecified atom stereocenters. The van der Waals surface area contributed by atoms with Gasteiger partial charge in [-0.1, -0.05) is 18.2 Å². The first kappa shape index (κ1) is 15.2. The highest BCUT2D eigenvalue weighted by Crippen LogP contribution is 2.27. The fraction of sp³-hybridized carbons (Fsp3) is 0.333. The van der Waals surface area contributed by atoms with Crippen molar-refractivity contribution in [1.29, 1.82) is 0 Å². The fourth-order valence-electron chi connectivity index (χ4n) is 2.08. The first-order valence-corrected chi connectivity index (χ1v) is 7.08. The van der Waals surface area contributed by atoms with Gasteiger partial charge in [0.2, 0.25) is 0 Å². The summed E-state index contributed by atoms with van der Waals surface area (Å²) in [4.78, 5) is 0. The standard InChI is InChI=1S/C18H22O3/c1-13-8-9-17(18(12-13)19-4)21-11-10-20-16-7-5-6-14(2)15(16)3/h5-9,12H,10-11H2,1-4H3. The quantitative estimate of drug-likeness (QED) is 0.749. The van der Waals surface area contributed by atoms with E-state index in [9.17, 15) is 0 Å². The molecule has 2 aromatic rings. The van der Waals surface area contributed by atoms with Gasteiger partial charge in [-0.05, 0) is 55.7 Å². The summed E-state index contributed by atoms with van der Waals surface area (Å²) in [6.45, 7) is 7.15. The summed E-state index contributed by atoms with van der Waals surface area (Å²) >= 11 is 0. The second kappa shape index (κ2) is 7.02. The van der Waals surface area contributed by atoms with E-state index < -0.39 is 0 Å². The van der Waals surface area contributed by atoms with Crippen molar-refractivity contribution < 1.29 is 14.2 Å². The third-order valence-corrected chi connectivity index (χ3v) is 3.47. The zero-order chi connectivity index (χ0) is 15.2. The summed E-state index contributed by atoms with van der Waals surface area (Å²) in [6.07, 6.45) is 0. The minimum absolute atomic E-state index is 0.479. The van der Waals surface area contributed by atoms with Crippen molar-refractivity contribution in [3.8, 4) is 17.2 Å². The fourth-order valence-corrected chi connectivity index (χ4v) is 2.08. The Morgan fingerprint density at radius 2 is 1.52 bits per heavy atom. The second-order valence-corrected chi connectivity index (χ2v) is 5.05. The van der Waals surface area contributed by atoms with Crippen LogP contribution in [-0.4, -0.2) is 20.3 Å². The van der Waals surface area contributed by atoms with Gasteiger partial charge < -0.3 is 14.2 Å². The molecule has 0 heterocycles. The molecule has 21 heavy (non-hydrogen) atoms. The van der Waals surface area contributed by atoms with Crippen molar-refractivity contribution in [2.75, 3.05) is 20.3 Å². The molecule has 0 aromatic heterocycles. The summed E-state index contributed by atoms with van der Waals surface area (Å²) in [5.74, 6) is 2.41. The van der Waals surface area contributed by atoms with Crippen LogP contribution in [0.5, 0.6) is 17.2 Å². The molecule has 0 radical (unpaired) electrons. The molecule has 0 N–H and O–H groups in total. The topological polar surface area (TPSA) is 27.7 Å². The Bertz CT molecular complexity index is 605. The zero-order valence-electron chi connectivity index (χ0n) is 13.1. The molecular formula is C18H22O3. The molecule has 3 nitrogen and oxygen atoms in total. The van der Waals surface area contributed by atoms with Crippen LogP contribution >= 0.6 is 0 Å². The van der Waals surface area contributed by atoms with Gasteiger partial charge in [-0.15, -0.1) is 0 Å². The maximum absolute atomic E-state index is 5.77. The summed E-state index contributed by atoms with van der Waals surface area (Å²) in [5.41, 5.74) is 3.55. The third kappa shape index (κ3) is 3.91. The summed E-state index contributed by atoms with van der Waals surface area (Å²) < 4.78 is 16.8. The molecule has 0 amide bonds. The summed E-state index contributed by atoms with van der Waals surface area (Å²) in [6, 6.07) is 11.9. The number of rotatable bonds is 6. The molecule has 0 spiro atoms. The Morgan fingerprint density at radius 1 is 0.810 bits per heavy atom. The van der Waals surface area contributed by atoms with E-state index in [0.717, 1.165) is 22.8 Å². The van der Waals surface area contributed by atoms with Gasteiger partial charge in [-0.25, -0.2) is 0 Å². The Balaban J connectivity index is 1.89. The number of methoxy groups -OCH3 is 1. The highest BCUT2D eigenvalue weighted by Gasteiger charge is 2.05. The first-order chi connectivity index (χ1) is 10.1. The highest BCUT2D eigenvalue weighted by molar-refractivity contribution is 5.42. The van der Waals surface area contributed by atoms with E-state index in [4.69, 9.17) is 14.2 Å². The molecule has 2 aromatic carbocycles. The zero-order valence-corrected chi connectivity index (χ0v) is 13.1. The van der Waals surface area contributed by atoms with Crippen LogP contribution in [0.15, 0.2) is 36.4 Å². The minimum atomic E-state index is 0.479. The average Bonchev–Trinajstić information content (AvgIpc) is 2.48. The molecule has 0 aliphatic heterocycles. The van der Waals surface area contributed by atoms with Gasteiger partial charge in [0.05, 0.1) is 7.11 Å². The Hall–Kier alpha value is -2.16. The van der Waals surface area contributed by atoms with Crippen LogP contribution in [0.25, 0.3) is 0 Å². The van der Waals surface area contributed by atoms with Crippen LogP contribution in [0.1, 0.15) is 16.7 Å². The van der Waals surface area contributed by atoms with E-state index in [-0.39, 0.29) is 0 Å². The van der Waals surface area contributed by atoms with Crippen LogP contribution in [0.2, 0.25) is 0 Å². The third-order valence-electron chi connectivity index (χ3n) is 3.47. The molecule has 112 valence electrons. The normalized spacial score (nSPS) is 10.3. The van der Waals surface area contributed by atoms with Crippen LogP contribution in [0.4, 0.5) is 0 Å². The summed E-state index contributed by atoms with van der Waals surface area (Å²) in [5, 5.41) is 0. The number of ether oxygens (including phenoxy) is 3. The lowest BCUT2D eigenvalue weighted by atomic mass is 10.1. The lowest BCUT2D eigenvalue weighted by Gasteiger charge is -2.13. The lowest BCUT2D eigenvalue weighted by Crippen LogP contribution is -2.10. The van der Waals surface area contributed by atoms with E-state index in [2.05, 4.69) is 19.9 Å². The van der Waals surface area contributed by atoms with Crippen LogP contribution in [-0.2, 0) is 0 Å². The lowest BCUT2D eigenvalue weighted by molar-refractivity contribution is 0.210. The molecule has 0 atom stereocenters. The maximum Gasteiger partial charge on any atom is 0.161 e. The predicted molar refractivity (Wildman–Crippen MR) is 84.6 cm³/mol. The minimum Gasteiger partial charge on any atom is -0.493 e. The van der Waals surface area contributed by atoms with E-state index in [1.54, 1.807) is 7.11 Å². The van der Waals surface area contributed by atoms with Gasteiger partial charge in [0.25, 0.3) is 0 Å². The SMILES string of the molecule is COc1cc(C)ccc1OCCOc1cccc(C)c1C. The van der Waals surface area contributed by atoms with Gasteiger partial charge >= 0.3 is 0 Å². The first-order valence-electron chi connectivity index (χ1n) is 7.08. The van der Waals surface area contributed by atoms with Gasteiger partial charge in [-0.2, -0.15) is 0 Å². The second-order valence-electron chi connectivity index (χ2n) is 5.05. The molecule has 0 aliphatic rings.